The van der Waals surface area contributed by atoms with Crippen LogP contribution in [0.1, 0.15) is 63.6 Å². The van der Waals surface area contributed by atoms with Gasteiger partial charge in [0.2, 0.25) is 11.8 Å². The summed E-state index contributed by atoms with van der Waals surface area (Å²) in [6.45, 7) is 11.2. The first-order chi connectivity index (χ1) is 19.3. The van der Waals surface area contributed by atoms with Crippen LogP contribution < -0.4 is 9.62 Å². The molecule has 0 aromatic heterocycles. The third-order valence-corrected chi connectivity index (χ3v) is 9.49. The fourth-order valence-corrected chi connectivity index (χ4v) is 5.90. The molecule has 0 unspecified atom stereocenters. The number of nitrogens with zero attached hydrogens (tertiary/aromatic N) is 2. The van der Waals surface area contributed by atoms with E-state index in [1.165, 1.54) is 4.90 Å². The minimum absolute atomic E-state index is 0.0625. The van der Waals surface area contributed by atoms with Crippen LogP contribution in [-0.4, -0.2) is 43.8 Å². The van der Waals surface area contributed by atoms with Crippen molar-refractivity contribution >= 4 is 43.5 Å². The van der Waals surface area contributed by atoms with Crippen LogP contribution >= 0.6 is 15.9 Å². The highest BCUT2D eigenvalue weighted by molar-refractivity contribution is 9.10. The summed E-state index contributed by atoms with van der Waals surface area (Å²) in [5, 5.41) is 2.95. The highest BCUT2D eigenvalue weighted by Crippen LogP contribution is 2.27. The zero-order valence-electron chi connectivity index (χ0n) is 24.6. The van der Waals surface area contributed by atoms with Gasteiger partial charge in [-0.3, -0.25) is 13.9 Å². The molecule has 220 valence electrons. The van der Waals surface area contributed by atoms with Gasteiger partial charge in [0.15, 0.2) is 0 Å². The SMILES string of the molecule is CC[C@H](C)NC(=O)[C@@H](C)N(Cc1ccc(Br)cc1)C(=O)CN(c1ccc(C(C)C)cc1)S(=O)(=O)c1ccc(C)cc1. The predicted octanol–water partition coefficient (Wildman–Crippen LogP) is 6.41. The summed E-state index contributed by atoms with van der Waals surface area (Å²) in [5.41, 5.74) is 3.18. The third kappa shape index (κ3) is 8.42. The van der Waals surface area contributed by atoms with Gasteiger partial charge in [0.1, 0.15) is 12.6 Å². The van der Waals surface area contributed by atoms with Crippen LogP contribution in [-0.2, 0) is 26.2 Å². The van der Waals surface area contributed by atoms with Crippen molar-refractivity contribution in [2.24, 2.45) is 0 Å². The number of sulfonamides is 1. The van der Waals surface area contributed by atoms with Gasteiger partial charge in [-0.25, -0.2) is 8.42 Å². The normalized spacial score (nSPS) is 13.0. The fourth-order valence-electron chi connectivity index (χ4n) is 4.23. The smallest absolute Gasteiger partial charge is 0.264 e. The van der Waals surface area contributed by atoms with E-state index in [0.717, 1.165) is 31.9 Å². The number of benzene rings is 3. The highest BCUT2D eigenvalue weighted by atomic mass is 79.9. The molecule has 2 atom stereocenters. The molecule has 0 fully saturated rings. The molecule has 0 aliphatic carbocycles. The Morgan fingerprint density at radius 2 is 1.46 bits per heavy atom. The Morgan fingerprint density at radius 3 is 2.00 bits per heavy atom. The van der Waals surface area contributed by atoms with E-state index in [-0.39, 0.29) is 29.3 Å². The van der Waals surface area contributed by atoms with E-state index < -0.39 is 28.5 Å². The average molecular weight is 643 g/mol. The molecule has 0 saturated carbocycles. The van der Waals surface area contributed by atoms with Crippen LogP contribution in [0.2, 0.25) is 0 Å². The summed E-state index contributed by atoms with van der Waals surface area (Å²) in [5.74, 6) is -0.513. The Morgan fingerprint density at radius 1 is 0.878 bits per heavy atom. The molecule has 0 aliphatic rings. The van der Waals surface area contributed by atoms with Crippen LogP contribution in [0, 0.1) is 6.92 Å². The molecule has 3 aromatic carbocycles. The molecular weight excluding hydrogens is 602 g/mol. The van der Waals surface area contributed by atoms with Crippen LogP contribution in [0.3, 0.4) is 0 Å². The van der Waals surface area contributed by atoms with Crippen molar-refractivity contribution in [3.63, 3.8) is 0 Å². The van der Waals surface area contributed by atoms with Crippen LogP contribution in [0.4, 0.5) is 5.69 Å². The Hall–Kier alpha value is -3.17. The Bertz CT molecular complexity index is 1420. The number of carbonyl (C=O) groups is 2. The molecule has 0 saturated heterocycles. The topological polar surface area (TPSA) is 86.8 Å². The number of aryl methyl sites for hydroxylation is 1. The molecule has 1 N–H and O–H groups in total. The molecule has 0 aliphatic heterocycles. The monoisotopic (exact) mass is 641 g/mol. The zero-order chi connectivity index (χ0) is 30.3. The lowest BCUT2D eigenvalue weighted by atomic mass is 10.0. The first-order valence-electron chi connectivity index (χ1n) is 13.9. The minimum Gasteiger partial charge on any atom is -0.352 e. The largest absolute Gasteiger partial charge is 0.352 e. The molecule has 3 aromatic rings. The molecule has 7 nitrogen and oxygen atoms in total. The van der Waals surface area contributed by atoms with Crippen molar-refractivity contribution in [3.05, 3.63) is 94.0 Å². The van der Waals surface area contributed by atoms with E-state index in [4.69, 9.17) is 0 Å². The average Bonchev–Trinajstić information content (AvgIpc) is 2.95. The molecule has 0 heterocycles. The van der Waals surface area contributed by atoms with Gasteiger partial charge >= 0.3 is 0 Å². The number of anilines is 1. The molecule has 9 heteroatoms. The number of amides is 2. The maximum Gasteiger partial charge on any atom is 0.264 e. The summed E-state index contributed by atoms with van der Waals surface area (Å²) in [7, 11) is -4.10. The Balaban J connectivity index is 2.03. The fraction of sp³-hybridized carbons (Fsp3) is 0.375. The van der Waals surface area contributed by atoms with E-state index in [1.807, 2.05) is 57.2 Å². The summed E-state index contributed by atoms with van der Waals surface area (Å²) in [6, 6.07) is 20.4. The lowest BCUT2D eigenvalue weighted by Crippen LogP contribution is -2.52. The van der Waals surface area contributed by atoms with E-state index in [1.54, 1.807) is 43.3 Å². The van der Waals surface area contributed by atoms with Gasteiger partial charge in [0.25, 0.3) is 10.0 Å². The van der Waals surface area contributed by atoms with Gasteiger partial charge in [-0.1, -0.05) is 78.7 Å². The Labute approximate surface area is 253 Å². The molecule has 0 bridgehead atoms. The van der Waals surface area contributed by atoms with Crippen molar-refractivity contribution < 1.29 is 18.0 Å². The lowest BCUT2D eigenvalue weighted by Gasteiger charge is -2.32. The number of nitrogens with one attached hydrogen (secondary N) is 1. The van der Waals surface area contributed by atoms with E-state index in [2.05, 4.69) is 35.1 Å². The van der Waals surface area contributed by atoms with Gasteiger partial charge in [-0.2, -0.15) is 0 Å². The second-order valence-corrected chi connectivity index (χ2v) is 13.5. The third-order valence-electron chi connectivity index (χ3n) is 7.17. The van der Waals surface area contributed by atoms with Crippen molar-refractivity contribution in [1.82, 2.24) is 10.2 Å². The lowest BCUT2D eigenvalue weighted by molar-refractivity contribution is -0.139. The first kappa shape index (κ1) is 32.3. The van der Waals surface area contributed by atoms with E-state index in [0.29, 0.717) is 5.69 Å². The van der Waals surface area contributed by atoms with Crippen LogP contribution in [0.5, 0.6) is 0 Å². The highest BCUT2D eigenvalue weighted by Gasteiger charge is 2.32. The summed E-state index contributed by atoms with van der Waals surface area (Å²) >= 11 is 3.43. The minimum atomic E-state index is -4.10. The maximum absolute atomic E-state index is 14.0. The van der Waals surface area contributed by atoms with E-state index in [9.17, 15) is 18.0 Å². The van der Waals surface area contributed by atoms with Crippen molar-refractivity contribution in [3.8, 4) is 0 Å². The maximum atomic E-state index is 14.0. The molecular formula is C32H40BrN3O4S. The van der Waals surface area contributed by atoms with Gasteiger partial charge in [0, 0.05) is 17.1 Å². The molecule has 0 radical (unpaired) electrons. The van der Waals surface area contributed by atoms with Gasteiger partial charge in [-0.15, -0.1) is 0 Å². The number of carbonyl (C=O) groups excluding carboxylic acids is 2. The van der Waals surface area contributed by atoms with Gasteiger partial charge in [0.05, 0.1) is 10.6 Å². The standard InChI is InChI=1S/C32H40BrN3O4S/c1-7-24(5)34-32(38)25(6)35(20-26-10-14-28(33)15-11-26)31(37)21-36(29-16-12-27(13-17-29)22(2)3)41(39,40)30-18-8-23(4)9-19-30/h8-19,22,24-25H,7,20-21H2,1-6H3,(H,34,38)/t24-,25+/m0/s1. The number of hydrogen-bond donors (Lipinski definition) is 1. The zero-order valence-corrected chi connectivity index (χ0v) is 27.0. The van der Waals surface area contributed by atoms with E-state index >= 15 is 0 Å². The predicted molar refractivity (Wildman–Crippen MR) is 168 cm³/mol. The first-order valence-corrected chi connectivity index (χ1v) is 16.1. The second kappa shape index (κ2) is 14.1. The van der Waals surface area contributed by atoms with Crippen molar-refractivity contribution in [2.75, 3.05) is 10.8 Å². The summed E-state index contributed by atoms with van der Waals surface area (Å²) < 4.78 is 30.0. The quantitative estimate of drug-likeness (QED) is 0.248. The molecule has 41 heavy (non-hydrogen) atoms. The Kier molecular flexibility index (Phi) is 11.2. The number of rotatable bonds is 12. The second-order valence-electron chi connectivity index (χ2n) is 10.7. The van der Waals surface area contributed by atoms with Crippen LogP contribution in [0.25, 0.3) is 0 Å². The van der Waals surface area contributed by atoms with Gasteiger partial charge in [-0.05, 0) is 80.6 Å². The molecule has 3 rings (SSSR count). The summed E-state index contributed by atoms with van der Waals surface area (Å²) in [6.07, 6.45) is 0.744. The van der Waals surface area contributed by atoms with Crippen molar-refractivity contribution in [1.29, 1.82) is 0 Å². The number of hydrogen-bond acceptors (Lipinski definition) is 4. The van der Waals surface area contributed by atoms with Crippen molar-refractivity contribution in [2.45, 2.75) is 77.4 Å². The molecule has 0 spiro atoms. The molecule has 2 amide bonds. The van der Waals surface area contributed by atoms with Gasteiger partial charge < -0.3 is 10.2 Å². The summed E-state index contributed by atoms with van der Waals surface area (Å²) in [4.78, 5) is 28.7. The van der Waals surface area contributed by atoms with Crippen LogP contribution in [0.15, 0.2) is 82.2 Å². The number of halogens is 1.